The minimum Gasteiger partial charge on any atom is -0.493 e. The molecule has 0 unspecified atom stereocenters. The van der Waals surface area contributed by atoms with Gasteiger partial charge in [0.2, 0.25) is 0 Å². The third-order valence-electron chi connectivity index (χ3n) is 5.13. The zero-order chi connectivity index (χ0) is 20.9. The molecule has 0 amide bonds. The minimum absolute atomic E-state index is 0.289. The van der Waals surface area contributed by atoms with E-state index in [0.29, 0.717) is 17.4 Å². The van der Waals surface area contributed by atoms with Crippen molar-refractivity contribution in [3.63, 3.8) is 0 Å². The number of aromatic nitrogens is 1. The van der Waals surface area contributed by atoms with Gasteiger partial charge in [-0.05, 0) is 49.8 Å². The summed E-state index contributed by atoms with van der Waals surface area (Å²) in [6.07, 6.45) is 0.964. The number of fused-ring (bicyclic) bond motifs is 1. The number of ether oxygens (including phenoxy) is 1. The van der Waals surface area contributed by atoms with Gasteiger partial charge in [0.25, 0.3) is 0 Å². The van der Waals surface area contributed by atoms with Gasteiger partial charge >= 0.3 is 0 Å². The summed E-state index contributed by atoms with van der Waals surface area (Å²) in [6, 6.07) is 12.7. The van der Waals surface area contributed by atoms with Gasteiger partial charge in [-0.1, -0.05) is 12.1 Å². The van der Waals surface area contributed by atoms with Crippen molar-refractivity contribution < 1.29 is 9.13 Å². The molecule has 1 fully saturated rings. The number of nitrogens with zero attached hydrogens (tertiary/aromatic N) is 3. The summed E-state index contributed by atoms with van der Waals surface area (Å²) in [7, 11) is 0. The monoisotopic (exact) mass is 444 g/mol. The number of halogens is 1. The molecule has 1 saturated heterocycles. The molecule has 158 valence electrons. The average Bonchev–Trinajstić information content (AvgIpc) is 3.12. The normalized spacial score (nSPS) is 14.8. The SMILES string of the molecule is Cc1nc2cc(OCCCN3CCN(C(=S)Nc4ccccc4F)CC3)ccc2s1. The first kappa shape index (κ1) is 21.0. The molecule has 2 aromatic carbocycles. The summed E-state index contributed by atoms with van der Waals surface area (Å²) < 4.78 is 20.9. The number of rotatable bonds is 6. The molecule has 3 aromatic rings. The summed E-state index contributed by atoms with van der Waals surface area (Å²) in [5, 5.41) is 4.67. The maximum absolute atomic E-state index is 13.8. The smallest absolute Gasteiger partial charge is 0.173 e. The van der Waals surface area contributed by atoms with Gasteiger partial charge in [-0.25, -0.2) is 9.37 Å². The number of hydrogen-bond acceptors (Lipinski definition) is 5. The lowest BCUT2D eigenvalue weighted by molar-refractivity contribution is 0.170. The number of thiocarbonyl (C=S) groups is 1. The Hall–Kier alpha value is -2.29. The van der Waals surface area contributed by atoms with Crippen molar-refractivity contribution in [3.05, 3.63) is 53.3 Å². The van der Waals surface area contributed by atoms with Crippen LogP contribution >= 0.6 is 23.6 Å². The molecule has 4 rings (SSSR count). The van der Waals surface area contributed by atoms with Crippen LogP contribution in [0.2, 0.25) is 0 Å². The molecule has 30 heavy (non-hydrogen) atoms. The molecule has 1 aliphatic heterocycles. The Morgan fingerprint density at radius 1 is 1.20 bits per heavy atom. The maximum atomic E-state index is 13.8. The molecule has 1 N–H and O–H groups in total. The van der Waals surface area contributed by atoms with Gasteiger partial charge in [-0.2, -0.15) is 0 Å². The van der Waals surface area contributed by atoms with Crippen molar-refractivity contribution in [2.45, 2.75) is 13.3 Å². The van der Waals surface area contributed by atoms with Crippen LogP contribution in [0.15, 0.2) is 42.5 Å². The van der Waals surface area contributed by atoms with Gasteiger partial charge in [0, 0.05) is 38.8 Å². The minimum atomic E-state index is -0.289. The molecule has 0 radical (unpaired) electrons. The van der Waals surface area contributed by atoms with Crippen LogP contribution in [-0.2, 0) is 0 Å². The maximum Gasteiger partial charge on any atom is 0.173 e. The predicted octanol–water partition coefficient (Wildman–Crippen LogP) is 4.53. The molecule has 0 aliphatic carbocycles. The fraction of sp³-hybridized carbons (Fsp3) is 0.364. The zero-order valence-electron chi connectivity index (χ0n) is 16.9. The second-order valence-electron chi connectivity index (χ2n) is 7.30. The Morgan fingerprint density at radius 3 is 2.80 bits per heavy atom. The molecular formula is C22H25FN4OS2. The highest BCUT2D eigenvalue weighted by molar-refractivity contribution is 7.80. The lowest BCUT2D eigenvalue weighted by Gasteiger charge is -2.36. The Bertz CT molecular complexity index is 1020. The summed E-state index contributed by atoms with van der Waals surface area (Å²) in [5.74, 6) is 0.588. The Kier molecular flexibility index (Phi) is 6.76. The molecule has 2 heterocycles. The number of para-hydroxylation sites is 1. The van der Waals surface area contributed by atoms with E-state index >= 15 is 0 Å². The molecule has 8 heteroatoms. The van der Waals surface area contributed by atoms with E-state index in [-0.39, 0.29) is 5.82 Å². The van der Waals surface area contributed by atoms with E-state index in [2.05, 4.69) is 26.2 Å². The Balaban J connectivity index is 1.17. The zero-order valence-corrected chi connectivity index (χ0v) is 18.6. The molecule has 0 spiro atoms. The Labute approximate surface area is 185 Å². The van der Waals surface area contributed by atoms with Crippen LogP contribution in [0, 0.1) is 12.7 Å². The van der Waals surface area contributed by atoms with Gasteiger partial charge in [-0.15, -0.1) is 11.3 Å². The van der Waals surface area contributed by atoms with Gasteiger partial charge in [0.05, 0.1) is 27.5 Å². The molecule has 1 aliphatic rings. The number of thiazole rings is 1. The summed E-state index contributed by atoms with van der Waals surface area (Å²) in [4.78, 5) is 9.03. The average molecular weight is 445 g/mol. The molecular weight excluding hydrogens is 419 g/mol. The molecule has 0 bridgehead atoms. The quantitative estimate of drug-likeness (QED) is 0.445. The molecule has 5 nitrogen and oxygen atoms in total. The predicted molar refractivity (Wildman–Crippen MR) is 125 cm³/mol. The van der Waals surface area contributed by atoms with Gasteiger partial charge in [0.1, 0.15) is 11.6 Å². The van der Waals surface area contributed by atoms with Crippen LogP contribution in [0.25, 0.3) is 10.2 Å². The third kappa shape index (κ3) is 5.24. The van der Waals surface area contributed by atoms with Crippen LogP contribution in [0.5, 0.6) is 5.75 Å². The molecule has 0 saturated carbocycles. The van der Waals surface area contributed by atoms with Crippen molar-refractivity contribution in [2.75, 3.05) is 44.6 Å². The van der Waals surface area contributed by atoms with E-state index in [9.17, 15) is 4.39 Å². The second kappa shape index (κ2) is 9.68. The van der Waals surface area contributed by atoms with E-state index in [1.807, 2.05) is 19.1 Å². The van der Waals surface area contributed by atoms with E-state index in [0.717, 1.165) is 55.4 Å². The number of aryl methyl sites for hydroxylation is 1. The number of benzene rings is 2. The lowest BCUT2D eigenvalue weighted by Crippen LogP contribution is -2.50. The lowest BCUT2D eigenvalue weighted by atomic mass is 10.3. The second-order valence-corrected chi connectivity index (χ2v) is 8.92. The highest BCUT2D eigenvalue weighted by atomic mass is 32.1. The van der Waals surface area contributed by atoms with Crippen molar-refractivity contribution >= 4 is 44.6 Å². The summed E-state index contributed by atoms with van der Waals surface area (Å²) in [6.45, 7) is 7.23. The fourth-order valence-electron chi connectivity index (χ4n) is 3.52. The van der Waals surface area contributed by atoms with Gasteiger partial charge < -0.3 is 15.0 Å². The standard InChI is InChI=1S/C22H25FN4OS2/c1-16-24-20-15-17(7-8-21(20)30-16)28-14-4-9-26-10-12-27(13-11-26)22(29)25-19-6-3-2-5-18(19)23/h2-3,5-8,15H,4,9-14H2,1H3,(H,25,29). The summed E-state index contributed by atoms with van der Waals surface area (Å²) in [5.41, 5.74) is 1.43. The molecule has 0 atom stereocenters. The highest BCUT2D eigenvalue weighted by Gasteiger charge is 2.19. The van der Waals surface area contributed by atoms with Crippen LogP contribution < -0.4 is 10.1 Å². The number of anilines is 1. The van der Waals surface area contributed by atoms with Crippen molar-refractivity contribution in [1.29, 1.82) is 0 Å². The van der Waals surface area contributed by atoms with Crippen molar-refractivity contribution in [2.24, 2.45) is 0 Å². The third-order valence-corrected chi connectivity index (χ3v) is 6.44. The fourth-order valence-corrected chi connectivity index (χ4v) is 4.62. The van der Waals surface area contributed by atoms with Crippen LogP contribution in [0.1, 0.15) is 11.4 Å². The van der Waals surface area contributed by atoms with E-state index in [4.69, 9.17) is 17.0 Å². The van der Waals surface area contributed by atoms with Crippen molar-refractivity contribution in [1.82, 2.24) is 14.8 Å². The van der Waals surface area contributed by atoms with E-state index in [1.54, 1.807) is 29.5 Å². The van der Waals surface area contributed by atoms with Crippen molar-refractivity contribution in [3.8, 4) is 5.75 Å². The van der Waals surface area contributed by atoms with Gasteiger partial charge in [-0.3, -0.25) is 4.90 Å². The number of nitrogens with one attached hydrogen (secondary N) is 1. The first-order valence-corrected chi connectivity index (χ1v) is 11.3. The number of piperazine rings is 1. The molecule has 1 aromatic heterocycles. The van der Waals surface area contributed by atoms with E-state index < -0.39 is 0 Å². The topological polar surface area (TPSA) is 40.6 Å². The Morgan fingerprint density at radius 2 is 2.00 bits per heavy atom. The first-order valence-electron chi connectivity index (χ1n) is 10.1. The highest BCUT2D eigenvalue weighted by Crippen LogP contribution is 2.25. The van der Waals surface area contributed by atoms with Gasteiger partial charge in [0.15, 0.2) is 5.11 Å². The van der Waals surface area contributed by atoms with E-state index in [1.165, 1.54) is 10.8 Å². The largest absolute Gasteiger partial charge is 0.493 e. The first-order chi connectivity index (χ1) is 14.6. The van der Waals surface area contributed by atoms with Crippen LogP contribution in [0.4, 0.5) is 10.1 Å². The number of hydrogen-bond donors (Lipinski definition) is 1. The summed E-state index contributed by atoms with van der Waals surface area (Å²) >= 11 is 7.16. The van der Waals surface area contributed by atoms with Crippen LogP contribution in [-0.4, -0.2) is 59.2 Å². The van der Waals surface area contributed by atoms with Crippen LogP contribution in [0.3, 0.4) is 0 Å².